The highest BCUT2D eigenvalue weighted by Gasteiger charge is 2.18. The number of hydrogen-bond acceptors (Lipinski definition) is 6. The van der Waals surface area contributed by atoms with Gasteiger partial charge in [-0.3, -0.25) is 9.69 Å². The standard InChI is InChI=1S/C24H31N3O5S/c1-18-16-27(11-12-32-18)17-21-6-4-5-20(13-21)15-26-24(28)10-8-19-7-9-22(31-3)23(14-19)33(29,30)25-2/h4-10,13-14,18,25H,11-12,15-17H2,1-3H3,(H,26,28)/b10-8+. The van der Waals surface area contributed by atoms with Crippen LogP contribution in [-0.2, 0) is 32.6 Å². The van der Waals surface area contributed by atoms with Crippen molar-refractivity contribution in [3.63, 3.8) is 0 Å². The molecule has 3 rings (SSSR count). The number of carbonyl (C=O) groups excluding carboxylic acids is 1. The van der Waals surface area contributed by atoms with Crippen molar-refractivity contribution >= 4 is 22.0 Å². The van der Waals surface area contributed by atoms with Crippen molar-refractivity contribution in [1.82, 2.24) is 14.9 Å². The van der Waals surface area contributed by atoms with E-state index in [0.717, 1.165) is 31.8 Å². The zero-order chi connectivity index (χ0) is 23.8. The topological polar surface area (TPSA) is 97.0 Å². The van der Waals surface area contributed by atoms with E-state index in [1.54, 1.807) is 18.2 Å². The quantitative estimate of drug-likeness (QED) is 0.542. The summed E-state index contributed by atoms with van der Waals surface area (Å²) in [4.78, 5) is 14.7. The number of rotatable bonds is 9. The van der Waals surface area contributed by atoms with Crippen LogP contribution in [0.25, 0.3) is 6.08 Å². The van der Waals surface area contributed by atoms with Crippen molar-refractivity contribution in [2.45, 2.75) is 31.0 Å². The molecule has 2 aromatic rings. The molecule has 1 aliphatic heterocycles. The van der Waals surface area contributed by atoms with Crippen molar-refractivity contribution in [2.24, 2.45) is 0 Å². The molecule has 1 amide bonds. The number of methoxy groups -OCH3 is 1. The molecule has 0 saturated carbocycles. The summed E-state index contributed by atoms with van der Waals surface area (Å²) in [7, 11) is -0.945. The van der Waals surface area contributed by atoms with Crippen molar-refractivity contribution < 1.29 is 22.7 Å². The predicted molar refractivity (Wildman–Crippen MR) is 127 cm³/mol. The van der Waals surface area contributed by atoms with Gasteiger partial charge < -0.3 is 14.8 Å². The van der Waals surface area contributed by atoms with Crippen LogP contribution in [0.4, 0.5) is 0 Å². The molecule has 0 spiro atoms. The summed E-state index contributed by atoms with van der Waals surface area (Å²) >= 11 is 0. The van der Waals surface area contributed by atoms with E-state index >= 15 is 0 Å². The van der Waals surface area contributed by atoms with Crippen LogP contribution in [0, 0.1) is 0 Å². The van der Waals surface area contributed by atoms with Gasteiger partial charge in [0, 0.05) is 32.3 Å². The lowest BCUT2D eigenvalue weighted by Gasteiger charge is -2.31. The molecular weight excluding hydrogens is 442 g/mol. The fourth-order valence-electron chi connectivity index (χ4n) is 3.67. The number of morpholine rings is 1. The largest absolute Gasteiger partial charge is 0.495 e. The van der Waals surface area contributed by atoms with Crippen LogP contribution in [-0.4, -0.2) is 59.2 Å². The first-order valence-electron chi connectivity index (χ1n) is 10.8. The minimum Gasteiger partial charge on any atom is -0.495 e. The maximum absolute atomic E-state index is 12.3. The second-order valence-corrected chi connectivity index (χ2v) is 9.76. The Kier molecular flexibility index (Phi) is 8.62. The first-order chi connectivity index (χ1) is 15.8. The van der Waals surface area contributed by atoms with Crippen LogP contribution in [0.1, 0.15) is 23.6 Å². The van der Waals surface area contributed by atoms with E-state index in [4.69, 9.17) is 9.47 Å². The molecule has 2 aromatic carbocycles. The van der Waals surface area contributed by atoms with Crippen LogP contribution < -0.4 is 14.8 Å². The van der Waals surface area contributed by atoms with Crippen molar-refractivity contribution in [3.8, 4) is 5.75 Å². The first-order valence-corrected chi connectivity index (χ1v) is 12.3. The molecule has 33 heavy (non-hydrogen) atoms. The van der Waals surface area contributed by atoms with Gasteiger partial charge in [0.2, 0.25) is 15.9 Å². The highest BCUT2D eigenvalue weighted by Crippen LogP contribution is 2.25. The highest BCUT2D eigenvalue weighted by molar-refractivity contribution is 7.89. The minimum absolute atomic E-state index is 0.0153. The molecule has 1 unspecified atom stereocenters. The molecule has 1 atom stereocenters. The zero-order valence-corrected chi connectivity index (χ0v) is 20.0. The van der Waals surface area contributed by atoms with Gasteiger partial charge in [0.25, 0.3) is 0 Å². The van der Waals surface area contributed by atoms with Crippen LogP contribution in [0.2, 0.25) is 0 Å². The van der Waals surface area contributed by atoms with E-state index in [0.29, 0.717) is 12.1 Å². The van der Waals surface area contributed by atoms with Gasteiger partial charge in [-0.25, -0.2) is 13.1 Å². The molecular formula is C24H31N3O5S. The van der Waals surface area contributed by atoms with Crippen LogP contribution in [0.5, 0.6) is 5.75 Å². The average Bonchev–Trinajstić information content (AvgIpc) is 2.81. The number of benzene rings is 2. The number of carbonyl (C=O) groups is 1. The average molecular weight is 474 g/mol. The molecule has 1 heterocycles. The molecule has 1 aliphatic rings. The Morgan fingerprint density at radius 3 is 2.76 bits per heavy atom. The summed E-state index contributed by atoms with van der Waals surface area (Å²) in [6.45, 7) is 5.91. The summed E-state index contributed by atoms with van der Waals surface area (Å²) in [5.74, 6) is -0.0337. The van der Waals surface area contributed by atoms with Gasteiger partial charge in [0.15, 0.2) is 0 Å². The van der Waals surface area contributed by atoms with Crippen LogP contribution >= 0.6 is 0 Å². The second-order valence-electron chi connectivity index (χ2n) is 7.91. The van der Waals surface area contributed by atoms with Crippen LogP contribution in [0.15, 0.2) is 53.4 Å². The molecule has 178 valence electrons. The maximum atomic E-state index is 12.3. The van der Waals surface area contributed by atoms with E-state index in [1.165, 1.54) is 31.9 Å². The molecule has 2 N–H and O–H groups in total. The highest BCUT2D eigenvalue weighted by atomic mass is 32.2. The summed E-state index contributed by atoms with van der Waals surface area (Å²) in [6.07, 6.45) is 3.20. The molecule has 0 aromatic heterocycles. The Bertz CT molecular complexity index is 1100. The van der Waals surface area contributed by atoms with Gasteiger partial charge in [-0.2, -0.15) is 0 Å². The van der Waals surface area contributed by atoms with E-state index < -0.39 is 10.0 Å². The smallest absolute Gasteiger partial charge is 0.244 e. The summed E-state index contributed by atoms with van der Waals surface area (Å²) in [6, 6.07) is 12.9. The Hall–Kier alpha value is -2.72. The second kappa shape index (κ2) is 11.4. The molecule has 1 saturated heterocycles. The predicted octanol–water partition coefficient (Wildman–Crippen LogP) is 2.15. The normalized spacial score (nSPS) is 17.2. The lowest BCUT2D eigenvalue weighted by Crippen LogP contribution is -2.40. The Morgan fingerprint density at radius 1 is 1.24 bits per heavy atom. The molecule has 1 fully saturated rings. The Balaban J connectivity index is 1.59. The number of nitrogens with zero attached hydrogens (tertiary/aromatic N) is 1. The summed E-state index contributed by atoms with van der Waals surface area (Å²) in [5, 5.41) is 2.87. The fourth-order valence-corrected chi connectivity index (χ4v) is 4.59. The van der Waals surface area contributed by atoms with Gasteiger partial charge in [-0.05, 0) is 48.9 Å². The van der Waals surface area contributed by atoms with Crippen molar-refractivity contribution in [1.29, 1.82) is 0 Å². The lowest BCUT2D eigenvalue weighted by atomic mass is 10.1. The number of sulfonamides is 1. The Labute approximate surface area is 195 Å². The minimum atomic E-state index is -3.69. The number of nitrogens with one attached hydrogen (secondary N) is 2. The van der Waals surface area contributed by atoms with Gasteiger partial charge in [0.05, 0.1) is 19.8 Å². The third-order valence-corrected chi connectivity index (χ3v) is 6.80. The van der Waals surface area contributed by atoms with Crippen molar-refractivity contribution in [3.05, 3.63) is 65.2 Å². The molecule has 0 aliphatic carbocycles. The molecule has 9 heteroatoms. The zero-order valence-electron chi connectivity index (χ0n) is 19.2. The van der Waals surface area contributed by atoms with Gasteiger partial charge in [-0.1, -0.05) is 30.3 Å². The van der Waals surface area contributed by atoms with Gasteiger partial charge in [-0.15, -0.1) is 0 Å². The van der Waals surface area contributed by atoms with Gasteiger partial charge in [0.1, 0.15) is 10.6 Å². The number of hydrogen-bond donors (Lipinski definition) is 2. The molecule has 8 nitrogen and oxygen atoms in total. The van der Waals surface area contributed by atoms with E-state index in [1.807, 2.05) is 12.1 Å². The van der Waals surface area contributed by atoms with Gasteiger partial charge >= 0.3 is 0 Å². The summed E-state index contributed by atoms with van der Waals surface area (Å²) < 4.78 is 37.4. The molecule has 0 bridgehead atoms. The fraction of sp³-hybridized carbons (Fsp3) is 0.375. The van der Waals surface area contributed by atoms with Crippen LogP contribution in [0.3, 0.4) is 0 Å². The lowest BCUT2D eigenvalue weighted by molar-refractivity contribution is -0.116. The number of ether oxygens (including phenoxy) is 2. The van der Waals surface area contributed by atoms with E-state index in [2.05, 4.69) is 34.0 Å². The third kappa shape index (κ3) is 7.13. The van der Waals surface area contributed by atoms with E-state index in [9.17, 15) is 13.2 Å². The van der Waals surface area contributed by atoms with E-state index in [-0.39, 0.29) is 22.7 Å². The maximum Gasteiger partial charge on any atom is 0.244 e. The SMILES string of the molecule is CNS(=O)(=O)c1cc(/C=C/C(=O)NCc2cccc(CN3CCOC(C)C3)c2)ccc1OC. The van der Waals surface area contributed by atoms with Crippen molar-refractivity contribution in [2.75, 3.05) is 33.9 Å². The number of amides is 1. The Morgan fingerprint density at radius 2 is 2.03 bits per heavy atom. The molecule has 0 radical (unpaired) electrons. The summed E-state index contributed by atoms with van der Waals surface area (Å²) in [5.41, 5.74) is 2.78. The first kappa shape index (κ1) is 24.9. The third-order valence-electron chi connectivity index (χ3n) is 5.36. The monoisotopic (exact) mass is 473 g/mol.